The van der Waals surface area contributed by atoms with Gasteiger partial charge in [-0.25, -0.2) is 4.68 Å². The van der Waals surface area contributed by atoms with Crippen molar-refractivity contribution in [3.8, 4) is 22.7 Å². The van der Waals surface area contributed by atoms with E-state index in [2.05, 4.69) is 6.92 Å². The molecular formula is C25H25N3O2S2. The normalized spacial score (nSPS) is 15.1. The maximum Gasteiger partial charge on any atom is 0.266 e. The molecule has 164 valence electrons. The smallest absolute Gasteiger partial charge is 0.266 e. The molecule has 1 amide bonds. The highest BCUT2D eigenvalue weighted by atomic mass is 32.2. The third-order valence-corrected chi connectivity index (χ3v) is 6.33. The number of ether oxygens (including phenoxy) is 1. The molecule has 0 atom stereocenters. The van der Waals surface area contributed by atoms with Crippen molar-refractivity contribution < 1.29 is 9.53 Å². The molecule has 0 spiro atoms. The Bertz CT molecular complexity index is 1160. The van der Waals surface area contributed by atoms with Gasteiger partial charge in [0.15, 0.2) is 0 Å². The van der Waals surface area contributed by atoms with Gasteiger partial charge in [0.05, 0.1) is 17.2 Å². The molecule has 1 aliphatic rings. The van der Waals surface area contributed by atoms with Gasteiger partial charge >= 0.3 is 0 Å². The number of benzene rings is 2. The van der Waals surface area contributed by atoms with Gasteiger partial charge in [-0.2, -0.15) is 5.10 Å². The van der Waals surface area contributed by atoms with Gasteiger partial charge in [-0.1, -0.05) is 68.2 Å². The predicted molar refractivity (Wildman–Crippen MR) is 135 cm³/mol. The Morgan fingerprint density at radius 2 is 1.91 bits per heavy atom. The average molecular weight is 464 g/mol. The fraction of sp³-hybridized carbons (Fsp3) is 0.240. The zero-order valence-electron chi connectivity index (χ0n) is 18.2. The van der Waals surface area contributed by atoms with E-state index in [1.54, 1.807) is 4.90 Å². The third-order valence-electron chi connectivity index (χ3n) is 4.95. The molecule has 4 rings (SSSR count). The van der Waals surface area contributed by atoms with Gasteiger partial charge in [0, 0.05) is 23.9 Å². The van der Waals surface area contributed by atoms with E-state index in [0.29, 0.717) is 22.4 Å². The molecule has 0 unspecified atom stereocenters. The lowest BCUT2D eigenvalue weighted by molar-refractivity contribution is -0.122. The van der Waals surface area contributed by atoms with E-state index in [9.17, 15) is 4.79 Å². The van der Waals surface area contributed by atoms with Crippen molar-refractivity contribution in [2.75, 3.05) is 13.2 Å². The number of thioether (sulfide) groups is 1. The zero-order chi connectivity index (χ0) is 22.5. The molecule has 1 aliphatic heterocycles. The summed E-state index contributed by atoms with van der Waals surface area (Å²) in [6, 6.07) is 17.8. The molecule has 0 N–H and O–H groups in total. The summed E-state index contributed by atoms with van der Waals surface area (Å²) < 4.78 is 8.27. The Morgan fingerprint density at radius 3 is 2.66 bits per heavy atom. The molecule has 5 nitrogen and oxygen atoms in total. The molecular weight excluding hydrogens is 438 g/mol. The van der Waals surface area contributed by atoms with Crippen LogP contribution in [0.2, 0.25) is 0 Å². The number of hydrogen-bond donors (Lipinski definition) is 0. The molecule has 1 aromatic heterocycles. The lowest BCUT2D eigenvalue weighted by Crippen LogP contribution is -2.28. The van der Waals surface area contributed by atoms with Crippen LogP contribution in [0.1, 0.15) is 32.3 Å². The van der Waals surface area contributed by atoms with Crippen LogP contribution in [0.3, 0.4) is 0 Å². The molecule has 1 fully saturated rings. The lowest BCUT2D eigenvalue weighted by Gasteiger charge is -2.11. The molecule has 0 radical (unpaired) electrons. The van der Waals surface area contributed by atoms with Gasteiger partial charge in [-0.05, 0) is 43.2 Å². The first-order chi connectivity index (χ1) is 15.6. The summed E-state index contributed by atoms with van der Waals surface area (Å²) in [5.41, 5.74) is 3.53. The molecule has 32 heavy (non-hydrogen) atoms. The maximum absolute atomic E-state index is 12.9. The second-order valence-electron chi connectivity index (χ2n) is 7.42. The maximum atomic E-state index is 12.9. The minimum absolute atomic E-state index is 0.0414. The Hall–Kier alpha value is -2.90. The Kier molecular flexibility index (Phi) is 7.07. The number of thiocarbonyl (C=S) groups is 1. The first-order valence-electron chi connectivity index (χ1n) is 10.7. The van der Waals surface area contributed by atoms with Gasteiger partial charge in [-0.15, -0.1) is 0 Å². The van der Waals surface area contributed by atoms with Crippen LogP contribution in [-0.4, -0.2) is 38.1 Å². The Morgan fingerprint density at radius 1 is 1.09 bits per heavy atom. The van der Waals surface area contributed by atoms with Crippen molar-refractivity contribution in [2.45, 2.75) is 26.7 Å². The summed E-state index contributed by atoms with van der Waals surface area (Å²) in [7, 11) is 0. The van der Waals surface area contributed by atoms with Crippen molar-refractivity contribution in [3.63, 3.8) is 0 Å². The van der Waals surface area contributed by atoms with Crippen LogP contribution in [0.25, 0.3) is 23.0 Å². The summed E-state index contributed by atoms with van der Waals surface area (Å²) >= 11 is 6.78. The van der Waals surface area contributed by atoms with Crippen molar-refractivity contribution in [3.05, 3.63) is 71.3 Å². The number of hydrogen-bond acceptors (Lipinski definition) is 5. The SMILES string of the molecule is CCCOc1cccc(-c2nn(-c3ccccc3)cc2C=C2SC(=S)N(CCC)C2=O)c1. The number of nitrogens with zero attached hydrogens (tertiary/aromatic N) is 3. The van der Waals surface area contributed by atoms with Crippen molar-refractivity contribution in [2.24, 2.45) is 0 Å². The monoisotopic (exact) mass is 463 g/mol. The molecule has 0 bridgehead atoms. The van der Waals surface area contributed by atoms with E-state index < -0.39 is 0 Å². The van der Waals surface area contributed by atoms with Crippen LogP contribution in [0.15, 0.2) is 65.7 Å². The highest BCUT2D eigenvalue weighted by Gasteiger charge is 2.31. The van der Waals surface area contributed by atoms with E-state index in [-0.39, 0.29) is 5.91 Å². The molecule has 3 aromatic rings. The summed E-state index contributed by atoms with van der Waals surface area (Å²) in [4.78, 5) is 15.2. The second-order valence-corrected chi connectivity index (χ2v) is 9.10. The van der Waals surface area contributed by atoms with Crippen LogP contribution in [0, 0.1) is 0 Å². The standard InChI is InChI=1S/C25H25N3O2S2/c1-3-13-27-24(29)22(32-25(27)31)16-19-17-28(20-10-6-5-7-11-20)26-23(19)18-9-8-12-21(15-18)30-14-4-2/h5-12,15-17H,3-4,13-14H2,1-2H3. The summed E-state index contributed by atoms with van der Waals surface area (Å²) in [5, 5.41) is 4.86. The fourth-order valence-corrected chi connectivity index (χ4v) is 4.74. The van der Waals surface area contributed by atoms with Crippen LogP contribution in [0.5, 0.6) is 5.75 Å². The average Bonchev–Trinajstić information content (AvgIpc) is 3.35. The summed E-state index contributed by atoms with van der Waals surface area (Å²) in [5.74, 6) is 0.763. The largest absolute Gasteiger partial charge is 0.494 e. The first-order valence-corrected chi connectivity index (χ1v) is 12.0. The number of aromatic nitrogens is 2. The molecule has 2 heterocycles. The Balaban J connectivity index is 1.77. The van der Waals surface area contributed by atoms with E-state index >= 15 is 0 Å². The van der Waals surface area contributed by atoms with Crippen LogP contribution in [-0.2, 0) is 4.79 Å². The minimum atomic E-state index is -0.0414. The molecule has 1 saturated heterocycles. The third kappa shape index (κ3) is 4.79. The van der Waals surface area contributed by atoms with Crippen molar-refractivity contribution in [1.82, 2.24) is 14.7 Å². The van der Waals surface area contributed by atoms with E-state index in [1.807, 2.05) is 78.5 Å². The fourth-order valence-electron chi connectivity index (χ4n) is 3.44. The summed E-state index contributed by atoms with van der Waals surface area (Å²) in [6.45, 7) is 5.42. The van der Waals surface area contributed by atoms with Crippen molar-refractivity contribution in [1.29, 1.82) is 0 Å². The number of rotatable bonds is 8. The van der Waals surface area contributed by atoms with Gasteiger partial charge in [-0.3, -0.25) is 9.69 Å². The van der Waals surface area contributed by atoms with Crippen LogP contribution < -0.4 is 4.74 Å². The summed E-state index contributed by atoms with van der Waals surface area (Å²) in [6.07, 6.45) is 5.66. The highest BCUT2D eigenvalue weighted by Crippen LogP contribution is 2.35. The Labute approximate surface area is 198 Å². The number of carbonyl (C=O) groups is 1. The van der Waals surface area contributed by atoms with Gasteiger partial charge in [0.1, 0.15) is 15.8 Å². The number of para-hydroxylation sites is 1. The molecule has 7 heteroatoms. The molecule has 2 aromatic carbocycles. The first kappa shape index (κ1) is 22.3. The molecule has 0 aliphatic carbocycles. The van der Waals surface area contributed by atoms with Crippen LogP contribution >= 0.6 is 24.0 Å². The van der Waals surface area contributed by atoms with Gasteiger partial charge < -0.3 is 4.74 Å². The minimum Gasteiger partial charge on any atom is -0.494 e. The van der Waals surface area contributed by atoms with E-state index in [0.717, 1.165) is 41.1 Å². The highest BCUT2D eigenvalue weighted by molar-refractivity contribution is 8.26. The van der Waals surface area contributed by atoms with Crippen LogP contribution in [0.4, 0.5) is 0 Å². The quantitative estimate of drug-likeness (QED) is 0.306. The molecule has 0 saturated carbocycles. The topological polar surface area (TPSA) is 47.4 Å². The van der Waals surface area contributed by atoms with Gasteiger partial charge in [0.25, 0.3) is 5.91 Å². The lowest BCUT2D eigenvalue weighted by atomic mass is 10.1. The predicted octanol–water partition coefficient (Wildman–Crippen LogP) is 5.94. The van der Waals surface area contributed by atoms with E-state index in [4.69, 9.17) is 22.1 Å². The van der Waals surface area contributed by atoms with Crippen molar-refractivity contribution >= 4 is 40.3 Å². The van der Waals surface area contributed by atoms with Gasteiger partial charge in [0.2, 0.25) is 0 Å². The zero-order valence-corrected chi connectivity index (χ0v) is 19.8. The second kappa shape index (κ2) is 10.1. The van der Waals surface area contributed by atoms with E-state index in [1.165, 1.54) is 11.8 Å². The number of amides is 1. The number of carbonyl (C=O) groups excluding carboxylic acids is 1.